The summed E-state index contributed by atoms with van der Waals surface area (Å²) in [5.74, 6) is -1.19. The van der Waals surface area contributed by atoms with Gasteiger partial charge in [0.15, 0.2) is 0 Å². The Morgan fingerprint density at radius 1 is 1.05 bits per heavy atom. The number of carbonyl (C=O) groups is 3. The standard InChI is InChI=1S/C15H28N2O4/c1-5-15(6-2,10-14(20)21)17-13(19)9-7-8-12(18)16-11(3)4/h11H,5-10H2,1-4H3,(H,16,18)(H,17,19)(H,20,21). The number of hydrogen-bond acceptors (Lipinski definition) is 3. The predicted molar refractivity (Wildman–Crippen MR) is 80.8 cm³/mol. The first-order valence-corrected chi connectivity index (χ1v) is 7.56. The van der Waals surface area contributed by atoms with Gasteiger partial charge >= 0.3 is 5.97 Å². The molecule has 0 aliphatic rings. The predicted octanol–water partition coefficient (Wildman–Crippen LogP) is 1.83. The third kappa shape index (κ3) is 8.32. The smallest absolute Gasteiger partial charge is 0.305 e. The van der Waals surface area contributed by atoms with Gasteiger partial charge in [0.05, 0.1) is 6.42 Å². The molecule has 0 spiro atoms. The third-order valence-electron chi connectivity index (χ3n) is 3.51. The minimum Gasteiger partial charge on any atom is -0.481 e. The normalized spacial score (nSPS) is 11.3. The molecule has 0 saturated carbocycles. The summed E-state index contributed by atoms with van der Waals surface area (Å²) < 4.78 is 0. The van der Waals surface area contributed by atoms with E-state index in [1.165, 1.54) is 0 Å². The number of carbonyl (C=O) groups excluding carboxylic acids is 2. The van der Waals surface area contributed by atoms with Crippen molar-refractivity contribution in [2.24, 2.45) is 0 Å². The van der Waals surface area contributed by atoms with Crippen molar-refractivity contribution in [2.75, 3.05) is 0 Å². The van der Waals surface area contributed by atoms with Crippen LogP contribution in [0.3, 0.4) is 0 Å². The Kier molecular flexibility index (Phi) is 8.66. The lowest BCUT2D eigenvalue weighted by Crippen LogP contribution is -2.49. The molecule has 0 aromatic rings. The fourth-order valence-electron chi connectivity index (χ4n) is 2.17. The van der Waals surface area contributed by atoms with Crippen molar-refractivity contribution < 1.29 is 19.5 Å². The van der Waals surface area contributed by atoms with Crippen molar-refractivity contribution in [2.45, 2.75) is 77.8 Å². The summed E-state index contributed by atoms with van der Waals surface area (Å²) in [6, 6.07) is 0.0923. The van der Waals surface area contributed by atoms with Crippen molar-refractivity contribution in [3.8, 4) is 0 Å². The molecule has 21 heavy (non-hydrogen) atoms. The first kappa shape index (κ1) is 19.4. The second kappa shape index (κ2) is 9.37. The minimum atomic E-state index is -0.921. The van der Waals surface area contributed by atoms with E-state index in [0.717, 1.165) is 0 Å². The molecule has 3 N–H and O–H groups in total. The van der Waals surface area contributed by atoms with Gasteiger partial charge in [-0.25, -0.2) is 0 Å². The van der Waals surface area contributed by atoms with Crippen LogP contribution < -0.4 is 10.6 Å². The van der Waals surface area contributed by atoms with E-state index < -0.39 is 11.5 Å². The van der Waals surface area contributed by atoms with Crippen LogP contribution in [0.15, 0.2) is 0 Å². The van der Waals surface area contributed by atoms with Gasteiger partial charge in [-0.3, -0.25) is 14.4 Å². The van der Waals surface area contributed by atoms with Crippen LogP contribution >= 0.6 is 0 Å². The molecule has 0 aliphatic carbocycles. The zero-order chi connectivity index (χ0) is 16.5. The minimum absolute atomic E-state index is 0.0689. The van der Waals surface area contributed by atoms with Gasteiger partial charge in [-0.15, -0.1) is 0 Å². The summed E-state index contributed by atoms with van der Waals surface area (Å²) >= 11 is 0. The van der Waals surface area contributed by atoms with E-state index in [0.29, 0.717) is 25.7 Å². The van der Waals surface area contributed by atoms with Crippen molar-refractivity contribution >= 4 is 17.8 Å². The molecule has 0 heterocycles. The molecule has 122 valence electrons. The van der Waals surface area contributed by atoms with E-state index in [-0.39, 0.29) is 30.7 Å². The fourth-order valence-corrected chi connectivity index (χ4v) is 2.17. The molecule has 0 saturated heterocycles. The van der Waals surface area contributed by atoms with E-state index in [1.54, 1.807) is 0 Å². The van der Waals surface area contributed by atoms with Gasteiger partial charge in [0, 0.05) is 24.4 Å². The van der Waals surface area contributed by atoms with E-state index >= 15 is 0 Å². The van der Waals surface area contributed by atoms with Gasteiger partial charge in [-0.2, -0.15) is 0 Å². The molecule has 0 aromatic carbocycles. The van der Waals surface area contributed by atoms with Crippen LogP contribution in [-0.4, -0.2) is 34.5 Å². The van der Waals surface area contributed by atoms with Gasteiger partial charge in [0.1, 0.15) is 0 Å². The molecule has 0 fully saturated rings. The Balaban J connectivity index is 4.27. The summed E-state index contributed by atoms with van der Waals surface area (Å²) in [5, 5.41) is 14.5. The number of carboxylic acid groups (broad SMARTS) is 1. The second-order valence-electron chi connectivity index (χ2n) is 5.68. The molecule has 0 rings (SSSR count). The van der Waals surface area contributed by atoms with Gasteiger partial charge < -0.3 is 15.7 Å². The molecule has 0 unspecified atom stereocenters. The summed E-state index contributed by atoms with van der Waals surface area (Å²) in [7, 11) is 0. The van der Waals surface area contributed by atoms with Crippen LogP contribution in [0.2, 0.25) is 0 Å². The number of aliphatic carboxylic acids is 1. The molecule has 2 amide bonds. The Bertz CT molecular complexity index is 363. The van der Waals surface area contributed by atoms with E-state index in [1.807, 2.05) is 27.7 Å². The zero-order valence-corrected chi connectivity index (χ0v) is 13.5. The van der Waals surface area contributed by atoms with Crippen LogP contribution in [0, 0.1) is 0 Å². The molecule has 0 bridgehead atoms. The van der Waals surface area contributed by atoms with E-state index in [4.69, 9.17) is 5.11 Å². The lowest BCUT2D eigenvalue weighted by molar-refractivity contribution is -0.139. The van der Waals surface area contributed by atoms with Crippen LogP contribution in [0.1, 0.15) is 66.2 Å². The van der Waals surface area contributed by atoms with Gasteiger partial charge in [0.25, 0.3) is 0 Å². The Morgan fingerprint density at radius 3 is 2.00 bits per heavy atom. The molecule has 0 aromatic heterocycles. The van der Waals surface area contributed by atoms with Crippen molar-refractivity contribution in [3.63, 3.8) is 0 Å². The first-order valence-electron chi connectivity index (χ1n) is 7.56. The summed E-state index contributed by atoms with van der Waals surface area (Å²) in [6.45, 7) is 7.49. The summed E-state index contributed by atoms with van der Waals surface area (Å²) in [6.07, 6.45) is 2.04. The van der Waals surface area contributed by atoms with Crippen LogP contribution in [0.4, 0.5) is 0 Å². The van der Waals surface area contributed by atoms with Crippen molar-refractivity contribution in [1.29, 1.82) is 0 Å². The average molecular weight is 300 g/mol. The molecule has 0 radical (unpaired) electrons. The highest BCUT2D eigenvalue weighted by atomic mass is 16.4. The highest BCUT2D eigenvalue weighted by Crippen LogP contribution is 2.20. The third-order valence-corrected chi connectivity index (χ3v) is 3.51. The monoisotopic (exact) mass is 300 g/mol. The molecular weight excluding hydrogens is 272 g/mol. The lowest BCUT2D eigenvalue weighted by Gasteiger charge is -2.31. The molecule has 0 atom stereocenters. The van der Waals surface area contributed by atoms with Gasteiger partial charge in [0.2, 0.25) is 11.8 Å². The Morgan fingerprint density at radius 2 is 1.57 bits per heavy atom. The highest BCUT2D eigenvalue weighted by molar-refractivity contribution is 5.80. The highest BCUT2D eigenvalue weighted by Gasteiger charge is 2.30. The number of amides is 2. The molecule has 6 nitrogen and oxygen atoms in total. The van der Waals surface area contributed by atoms with E-state index in [2.05, 4.69) is 10.6 Å². The molecule has 6 heteroatoms. The molecular formula is C15H28N2O4. The first-order chi connectivity index (χ1) is 9.74. The topological polar surface area (TPSA) is 95.5 Å². The maximum atomic E-state index is 11.9. The molecule has 0 aliphatic heterocycles. The van der Waals surface area contributed by atoms with Crippen molar-refractivity contribution in [1.82, 2.24) is 10.6 Å². The Labute approximate surface area is 126 Å². The number of nitrogens with one attached hydrogen (secondary N) is 2. The van der Waals surface area contributed by atoms with E-state index in [9.17, 15) is 14.4 Å². The summed E-state index contributed by atoms with van der Waals surface area (Å²) in [5.41, 5.74) is -0.691. The maximum Gasteiger partial charge on any atom is 0.305 e. The SMILES string of the molecule is CCC(CC)(CC(=O)O)NC(=O)CCCC(=O)NC(C)C. The summed E-state index contributed by atoms with van der Waals surface area (Å²) in [4.78, 5) is 34.3. The number of rotatable bonds is 10. The quantitative estimate of drug-likeness (QED) is 0.573. The number of carboxylic acids is 1. The lowest BCUT2D eigenvalue weighted by atomic mass is 9.88. The van der Waals surface area contributed by atoms with Crippen LogP contribution in [0.5, 0.6) is 0 Å². The van der Waals surface area contributed by atoms with Gasteiger partial charge in [-0.1, -0.05) is 13.8 Å². The number of hydrogen-bond donors (Lipinski definition) is 3. The van der Waals surface area contributed by atoms with Crippen LogP contribution in [-0.2, 0) is 14.4 Å². The van der Waals surface area contributed by atoms with Gasteiger partial charge in [-0.05, 0) is 33.1 Å². The Hall–Kier alpha value is -1.59. The largest absolute Gasteiger partial charge is 0.481 e. The second-order valence-corrected chi connectivity index (χ2v) is 5.68. The average Bonchev–Trinajstić information content (AvgIpc) is 2.36. The van der Waals surface area contributed by atoms with Crippen molar-refractivity contribution in [3.05, 3.63) is 0 Å². The van der Waals surface area contributed by atoms with Crippen LogP contribution in [0.25, 0.3) is 0 Å². The maximum absolute atomic E-state index is 11.9. The fraction of sp³-hybridized carbons (Fsp3) is 0.800. The zero-order valence-electron chi connectivity index (χ0n) is 13.5.